The number of carbonyl (C=O) groups excluding carboxylic acids is 1. The summed E-state index contributed by atoms with van der Waals surface area (Å²) >= 11 is 0. The maximum absolute atomic E-state index is 12.8. The van der Waals surface area contributed by atoms with Gasteiger partial charge in [0.05, 0.1) is 5.56 Å². The largest absolute Gasteiger partial charge is 0.339 e. The summed E-state index contributed by atoms with van der Waals surface area (Å²) in [5.74, 6) is 0.549. The van der Waals surface area contributed by atoms with Crippen LogP contribution in [0.2, 0.25) is 0 Å². The first kappa shape index (κ1) is 20.2. The topological polar surface area (TPSA) is 60.2 Å². The molecule has 0 radical (unpaired) electrons. The summed E-state index contributed by atoms with van der Waals surface area (Å²) in [7, 11) is 0. The van der Waals surface area contributed by atoms with Crippen LogP contribution in [0.25, 0.3) is 0 Å². The highest BCUT2D eigenvalue weighted by Crippen LogP contribution is 2.32. The van der Waals surface area contributed by atoms with Crippen LogP contribution in [0.5, 0.6) is 0 Å². The number of carbonyl (C=O) groups is 1. The highest BCUT2D eigenvalue weighted by molar-refractivity contribution is 5.94. The molecule has 0 bridgehead atoms. The lowest BCUT2D eigenvalue weighted by Crippen LogP contribution is -2.41. The fourth-order valence-electron chi connectivity index (χ4n) is 5.32. The van der Waals surface area contributed by atoms with Crippen LogP contribution < -0.4 is 0 Å². The van der Waals surface area contributed by atoms with E-state index in [2.05, 4.69) is 28.1 Å². The van der Waals surface area contributed by atoms with Crippen molar-refractivity contribution in [1.29, 1.82) is 5.26 Å². The van der Waals surface area contributed by atoms with Gasteiger partial charge in [-0.1, -0.05) is 24.6 Å². The minimum atomic E-state index is 0.0217. The number of rotatable bonds is 3. The van der Waals surface area contributed by atoms with Crippen molar-refractivity contribution in [3.05, 3.63) is 64.5 Å². The van der Waals surface area contributed by atoms with Gasteiger partial charge in [0.15, 0.2) is 0 Å². The van der Waals surface area contributed by atoms with E-state index in [1.54, 1.807) is 17.7 Å². The zero-order valence-electron chi connectivity index (χ0n) is 18.1. The second-order valence-electron chi connectivity index (χ2n) is 9.26. The van der Waals surface area contributed by atoms with E-state index in [0.717, 1.165) is 32.0 Å². The van der Waals surface area contributed by atoms with E-state index >= 15 is 0 Å². The number of fused-ring (bicyclic) bond motifs is 1. The van der Waals surface area contributed by atoms with Crippen molar-refractivity contribution in [2.24, 2.45) is 0 Å². The lowest BCUT2D eigenvalue weighted by Gasteiger charge is -2.36. The zero-order chi connectivity index (χ0) is 21.2. The lowest BCUT2D eigenvalue weighted by molar-refractivity contribution is 0.0712. The number of likely N-dealkylation sites (tertiary alicyclic amines) is 1. The Morgan fingerprint density at radius 3 is 2.39 bits per heavy atom. The van der Waals surface area contributed by atoms with Gasteiger partial charge in [0, 0.05) is 38.4 Å². The molecule has 0 N–H and O–H groups in total. The SMILES string of the molecule is N#Cc1ccc(C(=O)N2CCC(c3ccc4c(c3)CCN(C3CCC3)CC4)CC2)cn1. The predicted molar refractivity (Wildman–Crippen MR) is 120 cm³/mol. The average molecular weight is 415 g/mol. The molecule has 1 aromatic carbocycles. The fraction of sp³-hybridized carbons (Fsp3) is 0.500. The Morgan fingerprint density at radius 2 is 1.74 bits per heavy atom. The van der Waals surface area contributed by atoms with E-state index < -0.39 is 0 Å². The van der Waals surface area contributed by atoms with E-state index in [1.807, 2.05) is 11.0 Å². The molecule has 5 rings (SSSR count). The van der Waals surface area contributed by atoms with Gasteiger partial charge < -0.3 is 4.90 Å². The molecular weight excluding hydrogens is 384 g/mol. The van der Waals surface area contributed by atoms with Gasteiger partial charge in [0.2, 0.25) is 0 Å². The summed E-state index contributed by atoms with van der Waals surface area (Å²) in [6, 6.07) is 13.3. The van der Waals surface area contributed by atoms with Gasteiger partial charge in [-0.25, -0.2) is 4.98 Å². The van der Waals surface area contributed by atoms with Gasteiger partial charge in [-0.15, -0.1) is 0 Å². The number of piperidine rings is 1. The number of amides is 1. The molecule has 0 atom stereocenters. The number of nitriles is 1. The van der Waals surface area contributed by atoms with Gasteiger partial charge in [0.1, 0.15) is 11.8 Å². The monoisotopic (exact) mass is 414 g/mol. The molecule has 0 unspecified atom stereocenters. The van der Waals surface area contributed by atoms with Crippen molar-refractivity contribution < 1.29 is 4.79 Å². The second-order valence-corrected chi connectivity index (χ2v) is 9.26. The molecule has 2 aromatic rings. The van der Waals surface area contributed by atoms with E-state index in [-0.39, 0.29) is 5.91 Å². The predicted octanol–water partition coefficient (Wildman–Crippen LogP) is 3.93. The molecule has 2 fully saturated rings. The van der Waals surface area contributed by atoms with Crippen LogP contribution in [0.3, 0.4) is 0 Å². The molecule has 1 amide bonds. The Kier molecular flexibility index (Phi) is 5.74. The van der Waals surface area contributed by atoms with Crippen LogP contribution in [-0.2, 0) is 12.8 Å². The Bertz CT molecular complexity index is 981. The Balaban J connectivity index is 1.20. The Hall–Kier alpha value is -2.71. The average Bonchev–Trinajstić information content (AvgIpc) is 3.00. The first-order chi connectivity index (χ1) is 15.2. The molecular formula is C26H30N4O. The van der Waals surface area contributed by atoms with Crippen molar-refractivity contribution >= 4 is 5.91 Å². The summed E-state index contributed by atoms with van der Waals surface area (Å²) in [5, 5.41) is 8.88. The quantitative estimate of drug-likeness (QED) is 0.764. The number of nitrogens with zero attached hydrogens (tertiary/aromatic N) is 4. The number of aromatic nitrogens is 1. The lowest BCUT2D eigenvalue weighted by atomic mass is 9.86. The van der Waals surface area contributed by atoms with Crippen molar-refractivity contribution in [3.8, 4) is 6.07 Å². The number of benzene rings is 1. The molecule has 2 aliphatic heterocycles. The number of pyridine rings is 1. The minimum Gasteiger partial charge on any atom is -0.339 e. The molecule has 1 saturated carbocycles. The van der Waals surface area contributed by atoms with E-state index in [4.69, 9.17) is 5.26 Å². The Labute approximate surface area is 184 Å². The van der Waals surface area contributed by atoms with Crippen molar-refractivity contribution in [1.82, 2.24) is 14.8 Å². The third-order valence-electron chi connectivity index (χ3n) is 7.54. The molecule has 1 saturated heterocycles. The molecule has 3 aliphatic rings. The second kappa shape index (κ2) is 8.80. The van der Waals surface area contributed by atoms with Gasteiger partial charge in [0.25, 0.3) is 5.91 Å². The van der Waals surface area contributed by atoms with E-state index in [9.17, 15) is 4.79 Å². The highest BCUT2D eigenvalue weighted by Gasteiger charge is 2.28. The van der Waals surface area contributed by atoms with Gasteiger partial charge >= 0.3 is 0 Å². The summed E-state index contributed by atoms with van der Waals surface area (Å²) < 4.78 is 0. The molecule has 1 aliphatic carbocycles. The van der Waals surface area contributed by atoms with Crippen molar-refractivity contribution in [3.63, 3.8) is 0 Å². The van der Waals surface area contributed by atoms with Crippen LogP contribution in [0.15, 0.2) is 36.5 Å². The fourth-order valence-corrected chi connectivity index (χ4v) is 5.32. The maximum atomic E-state index is 12.8. The van der Waals surface area contributed by atoms with E-state index in [0.29, 0.717) is 17.2 Å². The normalized spacial score (nSPS) is 20.4. The molecule has 3 heterocycles. The molecule has 5 heteroatoms. The summed E-state index contributed by atoms with van der Waals surface area (Å²) in [6.07, 6.45) is 10.0. The minimum absolute atomic E-state index is 0.0217. The molecule has 31 heavy (non-hydrogen) atoms. The molecule has 5 nitrogen and oxygen atoms in total. The summed E-state index contributed by atoms with van der Waals surface area (Å²) in [5.41, 5.74) is 5.43. The third-order valence-corrected chi connectivity index (χ3v) is 7.54. The van der Waals surface area contributed by atoms with Crippen molar-refractivity contribution in [2.75, 3.05) is 26.2 Å². The van der Waals surface area contributed by atoms with Crippen molar-refractivity contribution in [2.45, 2.75) is 56.9 Å². The van der Waals surface area contributed by atoms with Gasteiger partial charge in [-0.3, -0.25) is 9.69 Å². The summed E-state index contributed by atoms with van der Waals surface area (Å²) in [4.78, 5) is 21.5. The van der Waals surface area contributed by atoms with Crippen LogP contribution in [0, 0.1) is 11.3 Å². The Morgan fingerprint density at radius 1 is 0.968 bits per heavy atom. The summed E-state index contributed by atoms with van der Waals surface area (Å²) in [6.45, 7) is 3.96. The van der Waals surface area contributed by atoms with Crippen LogP contribution in [0.1, 0.15) is 70.8 Å². The first-order valence-corrected chi connectivity index (χ1v) is 11.7. The van der Waals surface area contributed by atoms with Crippen LogP contribution in [0.4, 0.5) is 0 Å². The molecule has 160 valence electrons. The van der Waals surface area contributed by atoms with Crippen LogP contribution in [-0.4, -0.2) is 52.9 Å². The van der Waals surface area contributed by atoms with Crippen LogP contribution >= 0.6 is 0 Å². The smallest absolute Gasteiger partial charge is 0.255 e. The zero-order valence-corrected chi connectivity index (χ0v) is 18.1. The maximum Gasteiger partial charge on any atom is 0.255 e. The molecule has 1 aromatic heterocycles. The molecule has 0 spiro atoms. The highest BCUT2D eigenvalue weighted by atomic mass is 16.2. The number of hydrogen-bond donors (Lipinski definition) is 0. The van der Waals surface area contributed by atoms with Gasteiger partial charge in [-0.2, -0.15) is 5.26 Å². The standard InChI is InChI=1S/C26H30N4O/c27-17-24-7-6-23(18-28-24)26(31)30-14-9-20(10-15-30)21-5-4-19-8-12-29(25-2-1-3-25)13-11-22(19)16-21/h4-7,16,18,20,25H,1-3,8-15H2. The first-order valence-electron chi connectivity index (χ1n) is 11.7. The number of hydrogen-bond acceptors (Lipinski definition) is 4. The van der Waals surface area contributed by atoms with Gasteiger partial charge in [-0.05, 0) is 73.3 Å². The van der Waals surface area contributed by atoms with E-state index in [1.165, 1.54) is 62.5 Å². The third kappa shape index (κ3) is 4.22.